The van der Waals surface area contributed by atoms with Crippen LogP contribution in [0.15, 0.2) is 66.3 Å². The Morgan fingerprint density at radius 2 is 1.71 bits per heavy atom. The molecule has 1 amide bonds. The molecule has 2 fully saturated rings. The third-order valence-electron chi connectivity index (χ3n) is 7.66. The fourth-order valence-corrected chi connectivity index (χ4v) is 5.79. The second-order valence-corrected chi connectivity index (χ2v) is 10.1. The largest absolute Gasteiger partial charge is 0.507 e. The molecule has 220 valence electrons. The molecule has 0 bridgehead atoms. The third kappa shape index (κ3) is 4.33. The first-order valence-corrected chi connectivity index (χ1v) is 12.5. The number of fused-ring (bicyclic) bond motifs is 3. The maximum absolute atomic E-state index is 13.6. The second kappa shape index (κ2) is 10.8. The Hall–Kier alpha value is -4.89. The summed E-state index contributed by atoms with van der Waals surface area (Å²) < 4.78 is 0. The zero-order valence-electron chi connectivity index (χ0n) is 22.5. The van der Waals surface area contributed by atoms with E-state index in [-0.39, 0.29) is 28.4 Å². The van der Waals surface area contributed by atoms with Crippen molar-refractivity contribution in [2.45, 2.75) is 17.7 Å². The van der Waals surface area contributed by atoms with Crippen LogP contribution >= 0.6 is 0 Å². The lowest BCUT2D eigenvalue weighted by molar-refractivity contribution is -0.175. The van der Waals surface area contributed by atoms with Gasteiger partial charge in [0.05, 0.1) is 29.2 Å². The number of phenols is 1. The van der Waals surface area contributed by atoms with Crippen LogP contribution in [0.4, 0.5) is 0 Å². The highest BCUT2D eigenvalue weighted by molar-refractivity contribution is 6.36. The average Bonchev–Trinajstić information content (AvgIpc) is 2.95. The van der Waals surface area contributed by atoms with Crippen LogP contribution in [0.25, 0.3) is 11.3 Å². The number of aliphatic hydroxyl groups excluding tert-OH is 3. The van der Waals surface area contributed by atoms with Crippen molar-refractivity contribution in [3.8, 4) is 5.75 Å². The lowest BCUT2D eigenvalue weighted by Crippen LogP contribution is -2.73. The molecule has 1 aromatic heterocycles. The number of aromatic hydroxyl groups is 1. The van der Waals surface area contributed by atoms with Gasteiger partial charge in [-0.05, 0) is 43.4 Å². The van der Waals surface area contributed by atoms with E-state index in [0.29, 0.717) is 5.56 Å². The van der Waals surface area contributed by atoms with E-state index in [0.717, 1.165) is 0 Å². The zero-order chi connectivity index (χ0) is 31.3. The minimum Gasteiger partial charge on any atom is -0.507 e. The topological polar surface area (TPSA) is 250 Å². The predicted molar refractivity (Wildman–Crippen MR) is 147 cm³/mol. The molecule has 0 spiro atoms. The van der Waals surface area contributed by atoms with E-state index < -0.39 is 69.7 Å². The number of hydrazine groups is 1. The Labute approximate surface area is 238 Å². The molecule has 14 heteroatoms. The smallest absolute Gasteiger partial charge is 0.265 e. The monoisotopic (exact) mass is 579 g/mol. The molecule has 5 atom stereocenters. The number of benzene rings is 1. The third-order valence-corrected chi connectivity index (χ3v) is 7.66. The van der Waals surface area contributed by atoms with Gasteiger partial charge in [0.2, 0.25) is 11.6 Å². The lowest BCUT2D eigenvalue weighted by atomic mass is 9.54. The number of nitrogens with one attached hydrogen (secondary N) is 1. The maximum atomic E-state index is 13.6. The van der Waals surface area contributed by atoms with E-state index in [1.165, 1.54) is 49.6 Å². The van der Waals surface area contributed by atoms with Crippen LogP contribution in [-0.2, 0) is 14.4 Å². The summed E-state index contributed by atoms with van der Waals surface area (Å²) in [6.07, 6.45) is 1.36. The Kier molecular flexibility index (Phi) is 7.76. The molecule has 1 heterocycles. The van der Waals surface area contributed by atoms with Gasteiger partial charge >= 0.3 is 0 Å². The SMILES string of the molecule is C=C1c2cccc(O)c2C(O)=C2C(=O)[C@]3(O)C(=O)/C(=C(/N)O)C(=O)[C@@H](N(C)C)[C@@H]3[C@@H](O)[C@H]12.NNC(=O)c1ccncc1. The number of nitrogens with zero attached hydrogens (tertiary/aromatic N) is 2. The molecule has 14 nitrogen and oxygen atoms in total. The number of pyridine rings is 1. The molecule has 0 unspecified atom stereocenters. The molecule has 3 aliphatic carbocycles. The number of hydrogen-bond donors (Lipinski definition) is 8. The lowest BCUT2D eigenvalue weighted by Gasteiger charge is -2.52. The molecule has 42 heavy (non-hydrogen) atoms. The summed E-state index contributed by atoms with van der Waals surface area (Å²) in [6.45, 7) is 3.91. The average molecular weight is 580 g/mol. The molecule has 0 aliphatic heterocycles. The van der Waals surface area contributed by atoms with Crippen molar-refractivity contribution in [1.82, 2.24) is 15.3 Å². The minimum atomic E-state index is -3.01. The van der Waals surface area contributed by atoms with Gasteiger partial charge in [-0.1, -0.05) is 18.7 Å². The first-order chi connectivity index (χ1) is 19.7. The molecule has 0 radical (unpaired) electrons. The number of phenolic OH excluding ortho intramolecular Hbond substituents is 1. The fraction of sp³-hybridized carbons (Fsp3) is 0.250. The summed E-state index contributed by atoms with van der Waals surface area (Å²) in [4.78, 5) is 55.5. The molecule has 5 rings (SSSR count). The number of nitrogen functional groups attached to an aromatic ring is 1. The number of rotatable bonds is 2. The first kappa shape index (κ1) is 30.1. The van der Waals surface area contributed by atoms with Crippen molar-refractivity contribution in [2.75, 3.05) is 14.1 Å². The highest BCUT2D eigenvalue weighted by Gasteiger charge is 2.69. The summed E-state index contributed by atoms with van der Waals surface area (Å²) >= 11 is 0. The number of carbonyl (C=O) groups is 4. The molecule has 10 N–H and O–H groups in total. The van der Waals surface area contributed by atoms with Crippen LogP contribution in [0.5, 0.6) is 5.75 Å². The maximum Gasteiger partial charge on any atom is 0.265 e. The van der Waals surface area contributed by atoms with Gasteiger partial charge in [-0.2, -0.15) is 0 Å². The number of aromatic nitrogens is 1. The van der Waals surface area contributed by atoms with Crippen molar-refractivity contribution < 1.29 is 44.7 Å². The summed E-state index contributed by atoms with van der Waals surface area (Å²) in [5.41, 5.74) is 3.65. The van der Waals surface area contributed by atoms with Crippen LogP contribution < -0.4 is 17.0 Å². The van der Waals surface area contributed by atoms with Crippen LogP contribution in [0.3, 0.4) is 0 Å². The normalized spacial score (nSPS) is 27.9. The molecule has 1 aromatic carbocycles. The van der Waals surface area contributed by atoms with Gasteiger partial charge in [-0.25, -0.2) is 5.84 Å². The Balaban J connectivity index is 0.000000343. The molecular formula is C28H29N5O9. The van der Waals surface area contributed by atoms with Gasteiger partial charge in [-0.3, -0.25) is 34.5 Å². The van der Waals surface area contributed by atoms with Crippen LogP contribution in [0.2, 0.25) is 0 Å². The number of hydrogen-bond acceptors (Lipinski definition) is 13. The van der Waals surface area contributed by atoms with Gasteiger partial charge < -0.3 is 31.3 Å². The minimum absolute atomic E-state index is 0.132. The van der Waals surface area contributed by atoms with E-state index in [9.17, 15) is 44.7 Å². The summed E-state index contributed by atoms with van der Waals surface area (Å²) in [5.74, 6) is -4.30. The highest BCUT2D eigenvalue weighted by Crippen LogP contribution is 2.54. The van der Waals surface area contributed by atoms with Gasteiger partial charge in [-0.15, -0.1) is 0 Å². The van der Waals surface area contributed by atoms with Crippen LogP contribution in [-0.4, -0.2) is 90.5 Å². The number of nitrogens with two attached hydrogens (primary N) is 2. The van der Waals surface area contributed by atoms with Crippen molar-refractivity contribution in [1.29, 1.82) is 0 Å². The Morgan fingerprint density at radius 3 is 2.26 bits per heavy atom. The van der Waals surface area contributed by atoms with Crippen molar-refractivity contribution in [2.24, 2.45) is 23.4 Å². The van der Waals surface area contributed by atoms with E-state index in [1.54, 1.807) is 12.1 Å². The number of carbonyl (C=O) groups excluding carboxylic acids is 4. The molecular weight excluding hydrogens is 550 g/mol. The summed E-state index contributed by atoms with van der Waals surface area (Å²) in [7, 11) is 2.88. The second-order valence-electron chi connectivity index (χ2n) is 10.1. The Morgan fingerprint density at radius 1 is 1.10 bits per heavy atom. The van der Waals surface area contributed by atoms with E-state index in [1.807, 2.05) is 5.43 Å². The first-order valence-electron chi connectivity index (χ1n) is 12.5. The number of amides is 1. The summed E-state index contributed by atoms with van der Waals surface area (Å²) in [5, 5.41) is 53.7. The van der Waals surface area contributed by atoms with Crippen molar-refractivity contribution >= 4 is 34.6 Å². The molecule has 2 saturated carbocycles. The number of likely N-dealkylation sites (N-methyl/N-ethyl adjacent to an activating group) is 1. The van der Waals surface area contributed by atoms with Gasteiger partial charge in [0, 0.05) is 23.9 Å². The van der Waals surface area contributed by atoms with Crippen molar-refractivity contribution in [3.05, 3.63) is 83.0 Å². The van der Waals surface area contributed by atoms with Gasteiger partial charge in [0.25, 0.3) is 5.91 Å². The number of ketones is 3. The standard InChI is InChI=1S/C22H22N2O8.C6H7N3O/c1-7-8-5-4-6-9(25)11(8)16(26)12-10(7)17(27)14-15(24(2)3)18(28)13(21(23)31)20(30)22(14,32)19(12)29;7-9-6(10)5-1-3-8-4-2-5/h4-6,10,14-15,17,25-27,31-32H,1,23H2,2-3H3;1-4H,7H2,(H,9,10)/b21-13-;/t10-,14-,15+,17+,22+;/m1./s1. The van der Waals surface area contributed by atoms with E-state index >= 15 is 0 Å². The predicted octanol–water partition coefficient (Wildman–Crippen LogP) is -0.909. The molecule has 2 aromatic rings. The van der Waals surface area contributed by atoms with Gasteiger partial charge in [0.15, 0.2) is 17.3 Å². The molecule has 3 aliphatic rings. The highest BCUT2D eigenvalue weighted by atomic mass is 16.3. The van der Waals surface area contributed by atoms with E-state index in [4.69, 9.17) is 11.6 Å². The zero-order valence-corrected chi connectivity index (χ0v) is 22.5. The van der Waals surface area contributed by atoms with Crippen molar-refractivity contribution in [3.63, 3.8) is 0 Å². The summed E-state index contributed by atoms with van der Waals surface area (Å²) in [6, 6.07) is 6.05. The molecule has 0 saturated heterocycles. The van der Waals surface area contributed by atoms with Crippen LogP contribution in [0, 0.1) is 11.8 Å². The Bertz CT molecular complexity index is 1580. The van der Waals surface area contributed by atoms with Crippen LogP contribution in [0.1, 0.15) is 21.5 Å². The van der Waals surface area contributed by atoms with Gasteiger partial charge in [0.1, 0.15) is 17.1 Å². The fourth-order valence-electron chi connectivity index (χ4n) is 5.79. The number of Topliss-reactive ketones (excluding diaryl/α,β-unsaturated/α-hetero) is 3. The number of aliphatic hydroxyl groups is 4. The van der Waals surface area contributed by atoms with E-state index in [2.05, 4.69) is 11.6 Å². The quantitative estimate of drug-likeness (QED) is 0.0409.